The van der Waals surface area contributed by atoms with Crippen LogP contribution in [0, 0.1) is 0 Å². The van der Waals surface area contributed by atoms with Gasteiger partial charge in [-0.05, 0) is 128 Å². The molecule has 3 atom stereocenters. The zero-order valence-electron chi connectivity index (χ0n) is 53.9. The van der Waals surface area contributed by atoms with Crippen molar-refractivity contribution in [1.82, 2.24) is 5.32 Å². The Labute approximate surface area is 510 Å². The number of esters is 1. The van der Waals surface area contributed by atoms with E-state index in [9.17, 15) is 19.0 Å². The lowest BCUT2D eigenvalue weighted by Gasteiger charge is -2.27. The predicted octanol–water partition coefficient (Wildman–Crippen LogP) is 21.0. The predicted molar refractivity (Wildman–Crippen MR) is 359 cm³/mol. The maximum absolute atomic E-state index is 13.6. The lowest BCUT2D eigenvalue weighted by molar-refractivity contribution is -0.870. The summed E-state index contributed by atoms with van der Waals surface area (Å²) in [6.07, 6.45) is 88.5. The second-order valence-corrected chi connectivity index (χ2v) is 24.3. The molecule has 3 unspecified atom stereocenters. The number of carbonyl (C=O) groups is 2. The molecule has 0 spiro atoms. The molecule has 9 nitrogen and oxygen atoms in total. The minimum absolute atomic E-state index is 0.0250. The zero-order valence-corrected chi connectivity index (χ0v) is 54.8. The molecule has 0 aromatic rings. The summed E-state index contributed by atoms with van der Waals surface area (Å²) >= 11 is 0. The maximum atomic E-state index is 13.6. The molecule has 0 heterocycles. The molecule has 10 heteroatoms. The van der Waals surface area contributed by atoms with E-state index in [0.717, 1.165) is 167 Å². The molecule has 0 rings (SSSR count). The third-order valence-corrected chi connectivity index (χ3v) is 14.8. The smallest absolute Gasteiger partial charge is 0.456 e. The number of rotatable bonds is 58. The second-order valence-electron chi connectivity index (χ2n) is 22.9. The second kappa shape index (κ2) is 61.0. The lowest BCUT2D eigenvalue weighted by Crippen LogP contribution is -2.47. The highest BCUT2D eigenvalue weighted by molar-refractivity contribution is 7.47. The standard InChI is InChI=1S/C73H123N2O7P/c1-7-10-13-16-19-22-25-27-29-31-33-35-36-37-38-40-42-44-46-48-51-54-57-60-63-66-73(77)82-71(64-61-58-55-52-49-24-21-18-15-12-9-3)70(69-81-83(78,79)80-68-67-75(4,5)6)74-72(76)65-62-59-56-53-50-47-45-43-41-39-34-32-30-28-26-23-20-17-14-11-8-2/h10-11,13-14,19-20,22-23,27-30,33-35,37-39,42-45,61,64,70-71H,7-9,12,15-18,21,24-26,31-32,36,40-41,46-60,62-63,65-69H2,1-6H3,(H-,74,76,78,79)/p+1/b13-10-,14-11-,22-19-,23-20-,29-27-,30-28-,35-33-,38-37-,39-34-,44-42-,45-43-,64-61+. The molecular formula is C73H124N2O7P+. The molecule has 0 aliphatic heterocycles. The van der Waals surface area contributed by atoms with Crippen LogP contribution in [0.15, 0.2) is 146 Å². The normalized spacial score (nSPS) is 14.5. The third-order valence-electron chi connectivity index (χ3n) is 13.8. The topological polar surface area (TPSA) is 111 Å². The lowest BCUT2D eigenvalue weighted by atomic mass is 10.1. The van der Waals surface area contributed by atoms with Gasteiger partial charge in [0, 0.05) is 12.8 Å². The van der Waals surface area contributed by atoms with Crippen LogP contribution >= 0.6 is 7.82 Å². The zero-order chi connectivity index (χ0) is 60.7. The molecule has 0 bridgehead atoms. The Morgan fingerprint density at radius 3 is 1.16 bits per heavy atom. The molecule has 0 fully saturated rings. The van der Waals surface area contributed by atoms with E-state index in [2.05, 4.69) is 160 Å². The van der Waals surface area contributed by atoms with Crippen molar-refractivity contribution in [2.24, 2.45) is 0 Å². The number of unbranched alkanes of at least 4 members (excludes halogenated alkanes) is 20. The Kier molecular flexibility index (Phi) is 58.0. The fraction of sp³-hybridized carbons (Fsp3) is 0.644. The van der Waals surface area contributed by atoms with Gasteiger partial charge in [-0.25, -0.2) is 4.57 Å². The SMILES string of the molecule is CC/C=C\C/C=C\C/C=C\C/C=C\C/C=C\C/C=C\CCCCCCCCC(=O)OC(/C=C/CCCCCCCCCCC)C(COP(=O)(O)OCC[N+](C)(C)C)NC(=O)CCCCCCC/C=C\C/C=C\C/C=C\C/C=C\C/C=C\CC. The number of carbonyl (C=O) groups excluding carboxylic acids is 2. The summed E-state index contributed by atoms with van der Waals surface area (Å²) < 4.78 is 30.7. The van der Waals surface area contributed by atoms with Crippen molar-refractivity contribution >= 4 is 19.7 Å². The van der Waals surface area contributed by atoms with Crippen LogP contribution < -0.4 is 5.32 Å². The molecule has 0 aromatic heterocycles. The average molecular weight is 1170 g/mol. The van der Waals surface area contributed by atoms with Crippen LogP contribution in [0.3, 0.4) is 0 Å². The summed E-state index contributed by atoms with van der Waals surface area (Å²) in [7, 11) is 1.45. The Morgan fingerprint density at radius 2 is 0.771 bits per heavy atom. The van der Waals surface area contributed by atoms with Crippen molar-refractivity contribution in [3.05, 3.63) is 146 Å². The van der Waals surface area contributed by atoms with Gasteiger partial charge >= 0.3 is 13.8 Å². The molecule has 0 aromatic carbocycles. The number of allylic oxidation sites excluding steroid dienone is 23. The first-order valence-electron chi connectivity index (χ1n) is 33.2. The first kappa shape index (κ1) is 78.9. The van der Waals surface area contributed by atoms with Gasteiger partial charge in [0.2, 0.25) is 5.91 Å². The van der Waals surface area contributed by atoms with Crippen molar-refractivity contribution in [3.63, 3.8) is 0 Å². The summed E-state index contributed by atoms with van der Waals surface area (Å²) in [5.74, 6) is -0.555. The van der Waals surface area contributed by atoms with Crippen LogP contribution in [-0.2, 0) is 27.9 Å². The number of amides is 1. The third kappa shape index (κ3) is 62.2. The number of nitrogens with zero attached hydrogens (tertiary/aromatic N) is 1. The van der Waals surface area contributed by atoms with E-state index in [1.54, 1.807) is 0 Å². The van der Waals surface area contributed by atoms with Gasteiger partial charge in [0.25, 0.3) is 0 Å². The Balaban J connectivity index is 5.21. The van der Waals surface area contributed by atoms with Gasteiger partial charge < -0.3 is 19.4 Å². The maximum Gasteiger partial charge on any atom is 0.472 e. The first-order valence-corrected chi connectivity index (χ1v) is 34.7. The van der Waals surface area contributed by atoms with Gasteiger partial charge in [-0.1, -0.05) is 257 Å². The Bertz CT molecular complexity index is 1930. The monoisotopic (exact) mass is 1170 g/mol. The number of ether oxygens (including phenoxy) is 1. The number of hydrogen-bond donors (Lipinski definition) is 2. The van der Waals surface area contributed by atoms with E-state index in [1.807, 2.05) is 33.3 Å². The molecule has 0 aliphatic rings. The summed E-state index contributed by atoms with van der Waals surface area (Å²) in [4.78, 5) is 37.8. The fourth-order valence-corrected chi connectivity index (χ4v) is 9.47. The van der Waals surface area contributed by atoms with Crippen molar-refractivity contribution < 1.29 is 37.3 Å². The minimum Gasteiger partial charge on any atom is -0.456 e. The Hall–Kier alpha value is -4.11. The van der Waals surface area contributed by atoms with Gasteiger partial charge in [-0.15, -0.1) is 0 Å². The van der Waals surface area contributed by atoms with Gasteiger partial charge in [-0.2, -0.15) is 0 Å². The largest absolute Gasteiger partial charge is 0.472 e. The number of phosphoric acid groups is 1. The average Bonchev–Trinajstić information content (AvgIpc) is 3.51. The van der Waals surface area contributed by atoms with Gasteiger partial charge in [-0.3, -0.25) is 18.6 Å². The summed E-state index contributed by atoms with van der Waals surface area (Å²) in [6, 6.07) is -0.877. The van der Waals surface area contributed by atoms with Crippen LogP contribution in [0.2, 0.25) is 0 Å². The molecule has 83 heavy (non-hydrogen) atoms. The molecule has 0 saturated carbocycles. The van der Waals surface area contributed by atoms with Gasteiger partial charge in [0.15, 0.2) is 0 Å². The Morgan fingerprint density at radius 1 is 0.434 bits per heavy atom. The summed E-state index contributed by atoms with van der Waals surface area (Å²) in [5.41, 5.74) is 0. The number of quaternary nitrogens is 1. The number of nitrogens with one attached hydrogen (secondary N) is 1. The number of hydrogen-bond acceptors (Lipinski definition) is 6. The van der Waals surface area contributed by atoms with Crippen LogP contribution in [0.1, 0.15) is 252 Å². The summed E-state index contributed by atoms with van der Waals surface area (Å²) in [6.45, 7) is 6.74. The van der Waals surface area contributed by atoms with Crippen molar-refractivity contribution in [3.8, 4) is 0 Å². The molecule has 2 N–H and O–H groups in total. The van der Waals surface area contributed by atoms with Crippen LogP contribution in [0.4, 0.5) is 0 Å². The molecule has 1 amide bonds. The van der Waals surface area contributed by atoms with Crippen molar-refractivity contribution in [2.75, 3.05) is 40.9 Å². The number of likely N-dealkylation sites (N-methyl/N-ethyl adjacent to an activating group) is 1. The van der Waals surface area contributed by atoms with Crippen LogP contribution in [0.25, 0.3) is 0 Å². The molecule has 0 aliphatic carbocycles. The van der Waals surface area contributed by atoms with E-state index in [-0.39, 0.29) is 31.5 Å². The highest BCUT2D eigenvalue weighted by Gasteiger charge is 2.30. The van der Waals surface area contributed by atoms with Gasteiger partial charge in [0.1, 0.15) is 19.3 Å². The van der Waals surface area contributed by atoms with E-state index in [0.29, 0.717) is 23.9 Å². The molecule has 0 radical (unpaired) electrons. The van der Waals surface area contributed by atoms with E-state index >= 15 is 0 Å². The fourth-order valence-electron chi connectivity index (χ4n) is 8.73. The van der Waals surface area contributed by atoms with Crippen LogP contribution in [0.5, 0.6) is 0 Å². The first-order chi connectivity index (χ1) is 40.4. The molecular weight excluding hydrogens is 1050 g/mol. The van der Waals surface area contributed by atoms with Crippen molar-refractivity contribution in [2.45, 2.75) is 264 Å². The van der Waals surface area contributed by atoms with E-state index in [1.165, 1.54) is 44.9 Å². The van der Waals surface area contributed by atoms with E-state index < -0.39 is 20.0 Å². The minimum atomic E-state index is -4.47. The van der Waals surface area contributed by atoms with Gasteiger partial charge in [0.05, 0.1) is 33.8 Å². The van der Waals surface area contributed by atoms with Crippen LogP contribution in [-0.4, -0.2) is 74.3 Å². The molecule has 0 saturated heterocycles. The quantitative estimate of drug-likeness (QED) is 0.0205. The summed E-state index contributed by atoms with van der Waals surface area (Å²) in [5, 5.41) is 3.04. The van der Waals surface area contributed by atoms with E-state index in [4.69, 9.17) is 13.8 Å². The van der Waals surface area contributed by atoms with Crippen molar-refractivity contribution in [1.29, 1.82) is 0 Å². The highest BCUT2D eigenvalue weighted by Crippen LogP contribution is 2.43. The highest BCUT2D eigenvalue weighted by atomic mass is 31.2. The number of phosphoric ester groups is 1. The molecule has 472 valence electrons.